The van der Waals surface area contributed by atoms with E-state index in [1.807, 2.05) is 6.92 Å². The Labute approximate surface area is 98.9 Å². The van der Waals surface area contributed by atoms with E-state index >= 15 is 0 Å². The molecule has 0 saturated carbocycles. The Balaban J connectivity index is 2.93. The second kappa shape index (κ2) is 5.46. The highest BCUT2D eigenvalue weighted by Gasteiger charge is 2.07. The predicted octanol–water partition coefficient (Wildman–Crippen LogP) is 1.98. The first-order valence-corrected chi connectivity index (χ1v) is 5.65. The topological polar surface area (TPSA) is 67.5 Å². The number of nitrogens with zero attached hydrogens (tertiary/aromatic N) is 1. The van der Waals surface area contributed by atoms with Crippen molar-refractivity contribution in [1.29, 1.82) is 0 Å². The number of carbonyl (C=O) groups excluding carboxylic acids is 1. The maximum absolute atomic E-state index is 11.2. The van der Waals surface area contributed by atoms with Gasteiger partial charge < -0.3 is 11.1 Å². The van der Waals surface area contributed by atoms with Gasteiger partial charge in [0, 0.05) is 18.1 Å². The van der Waals surface area contributed by atoms with Gasteiger partial charge in [-0.25, -0.2) is 0 Å². The summed E-state index contributed by atoms with van der Waals surface area (Å²) in [5.74, 6) is 0.0674. The molecule has 1 heterocycles. The molecular weight excluding hydrogens is 222 g/mol. The van der Waals surface area contributed by atoms with Crippen LogP contribution in [0.15, 0.2) is 23.0 Å². The molecule has 0 saturated heterocycles. The fraction of sp³-hybridized carbons (Fsp3) is 0.273. The fourth-order valence-corrected chi connectivity index (χ4v) is 1.96. The van der Waals surface area contributed by atoms with Gasteiger partial charge in [-0.05, 0) is 19.9 Å². The number of hydrogen-bond acceptors (Lipinski definition) is 5. The number of aliphatic imine (C=N–C) groups is 1. The average molecular weight is 237 g/mol. The number of ketones is 1. The lowest BCUT2D eigenvalue weighted by Gasteiger charge is -1.96. The van der Waals surface area contributed by atoms with Crippen molar-refractivity contribution in [3.05, 3.63) is 27.7 Å². The lowest BCUT2D eigenvalue weighted by Crippen LogP contribution is -2.08. The van der Waals surface area contributed by atoms with Crippen LogP contribution in [0, 0.1) is 6.92 Å². The molecule has 5 heteroatoms. The Hall–Kier alpha value is -1.62. The standard InChI is InChI=1S/C11H15N3OS/c1-7(15)11-4-10(8(2)16-11)14-6-9(5-12)13-3/h4-6,13H,12H2,1-3H3. The summed E-state index contributed by atoms with van der Waals surface area (Å²) in [5.41, 5.74) is 6.91. The van der Waals surface area contributed by atoms with E-state index in [1.165, 1.54) is 17.5 Å². The summed E-state index contributed by atoms with van der Waals surface area (Å²) in [5, 5.41) is 2.89. The van der Waals surface area contributed by atoms with Gasteiger partial charge in [-0.2, -0.15) is 0 Å². The maximum Gasteiger partial charge on any atom is 0.169 e. The molecule has 0 radical (unpaired) electrons. The summed E-state index contributed by atoms with van der Waals surface area (Å²) >= 11 is 1.45. The molecule has 0 aromatic carbocycles. The molecule has 1 aromatic rings. The minimum atomic E-state index is 0.0674. The molecule has 1 aromatic heterocycles. The molecule has 0 amide bonds. The molecule has 0 spiro atoms. The molecule has 4 nitrogen and oxygen atoms in total. The molecule has 86 valence electrons. The minimum Gasteiger partial charge on any atom is -0.403 e. The van der Waals surface area contributed by atoms with Gasteiger partial charge >= 0.3 is 0 Å². The molecule has 0 aliphatic heterocycles. The van der Waals surface area contributed by atoms with Gasteiger partial charge in [-0.1, -0.05) is 0 Å². The number of allylic oxidation sites excluding steroid dienone is 1. The second-order valence-electron chi connectivity index (χ2n) is 3.24. The van der Waals surface area contributed by atoms with Crippen LogP contribution in [0.5, 0.6) is 0 Å². The monoisotopic (exact) mass is 237 g/mol. The van der Waals surface area contributed by atoms with E-state index < -0.39 is 0 Å². The van der Waals surface area contributed by atoms with Crippen LogP contribution in [0.2, 0.25) is 0 Å². The van der Waals surface area contributed by atoms with Crippen LogP contribution in [0.4, 0.5) is 5.69 Å². The fourth-order valence-electron chi connectivity index (χ4n) is 1.10. The highest BCUT2D eigenvalue weighted by Crippen LogP contribution is 2.28. The van der Waals surface area contributed by atoms with Crippen molar-refractivity contribution in [1.82, 2.24) is 5.32 Å². The first-order chi connectivity index (χ1) is 7.58. The highest BCUT2D eigenvalue weighted by molar-refractivity contribution is 7.14. The number of rotatable bonds is 4. The van der Waals surface area contributed by atoms with Gasteiger partial charge in [0.25, 0.3) is 0 Å². The Morgan fingerprint density at radius 2 is 2.31 bits per heavy atom. The molecule has 16 heavy (non-hydrogen) atoms. The Bertz CT molecular complexity index is 446. The van der Waals surface area contributed by atoms with Gasteiger partial charge in [-0.3, -0.25) is 9.79 Å². The predicted molar refractivity (Wildman–Crippen MR) is 68.5 cm³/mol. The third-order valence-electron chi connectivity index (χ3n) is 2.05. The summed E-state index contributed by atoms with van der Waals surface area (Å²) in [6.45, 7) is 3.49. The van der Waals surface area contributed by atoms with Crippen molar-refractivity contribution >= 4 is 29.0 Å². The Kier molecular flexibility index (Phi) is 4.25. The number of hydrogen-bond donors (Lipinski definition) is 2. The summed E-state index contributed by atoms with van der Waals surface area (Å²) in [4.78, 5) is 17.2. The summed E-state index contributed by atoms with van der Waals surface area (Å²) < 4.78 is 0. The van der Waals surface area contributed by atoms with Gasteiger partial charge in [0.1, 0.15) is 0 Å². The lowest BCUT2D eigenvalue weighted by molar-refractivity contribution is 0.102. The molecule has 1 rings (SSSR count). The van der Waals surface area contributed by atoms with Gasteiger partial charge in [0.15, 0.2) is 5.78 Å². The normalized spacial score (nSPS) is 12.1. The number of aryl methyl sites for hydroxylation is 1. The molecule has 0 aliphatic carbocycles. The number of Topliss-reactive ketones (excluding diaryl/α,β-unsaturated/α-hetero) is 1. The zero-order chi connectivity index (χ0) is 12.1. The maximum atomic E-state index is 11.2. The van der Waals surface area contributed by atoms with Crippen LogP contribution in [0.25, 0.3) is 0 Å². The lowest BCUT2D eigenvalue weighted by atomic mass is 10.3. The number of carbonyl (C=O) groups is 1. The zero-order valence-electron chi connectivity index (χ0n) is 9.57. The van der Waals surface area contributed by atoms with Crippen LogP contribution in [-0.2, 0) is 0 Å². The highest BCUT2D eigenvalue weighted by atomic mass is 32.1. The first-order valence-electron chi connectivity index (χ1n) is 4.83. The van der Waals surface area contributed by atoms with E-state index in [2.05, 4.69) is 10.3 Å². The first kappa shape index (κ1) is 12.4. The SMILES string of the molecule is CNC(C=Nc1cc(C(C)=O)sc1C)=CN. The van der Waals surface area contributed by atoms with Gasteiger partial charge in [0.05, 0.1) is 22.5 Å². The van der Waals surface area contributed by atoms with Gasteiger partial charge in [-0.15, -0.1) is 11.3 Å². The molecule has 0 aliphatic rings. The molecule has 3 N–H and O–H groups in total. The number of thiophene rings is 1. The molecule has 0 bridgehead atoms. The number of nitrogens with one attached hydrogen (secondary N) is 1. The Morgan fingerprint density at radius 1 is 1.62 bits per heavy atom. The van der Waals surface area contributed by atoms with Crippen molar-refractivity contribution < 1.29 is 4.79 Å². The van der Waals surface area contributed by atoms with E-state index in [-0.39, 0.29) is 5.78 Å². The van der Waals surface area contributed by atoms with E-state index in [4.69, 9.17) is 5.73 Å². The van der Waals surface area contributed by atoms with E-state index in [1.54, 1.807) is 26.3 Å². The van der Waals surface area contributed by atoms with Crippen LogP contribution in [0.1, 0.15) is 21.5 Å². The molecular formula is C11H15N3OS. The van der Waals surface area contributed by atoms with E-state index in [9.17, 15) is 4.79 Å². The van der Waals surface area contributed by atoms with Crippen molar-refractivity contribution in [2.24, 2.45) is 10.7 Å². The quantitative estimate of drug-likeness (QED) is 0.621. The van der Waals surface area contributed by atoms with Gasteiger partial charge in [0.2, 0.25) is 0 Å². The van der Waals surface area contributed by atoms with Crippen molar-refractivity contribution in [3.8, 4) is 0 Å². The molecule has 0 fully saturated rings. The second-order valence-corrected chi connectivity index (χ2v) is 4.49. The van der Waals surface area contributed by atoms with Crippen LogP contribution in [-0.4, -0.2) is 19.0 Å². The number of nitrogens with two attached hydrogens (primary N) is 1. The average Bonchev–Trinajstić information content (AvgIpc) is 2.62. The van der Waals surface area contributed by atoms with Crippen LogP contribution >= 0.6 is 11.3 Å². The minimum absolute atomic E-state index is 0.0674. The summed E-state index contributed by atoms with van der Waals surface area (Å²) in [6.07, 6.45) is 3.08. The van der Waals surface area contributed by atoms with Crippen LogP contribution in [0.3, 0.4) is 0 Å². The molecule has 0 unspecified atom stereocenters. The summed E-state index contributed by atoms with van der Waals surface area (Å²) in [6, 6.07) is 1.79. The van der Waals surface area contributed by atoms with E-state index in [0.29, 0.717) is 0 Å². The molecule has 0 atom stereocenters. The largest absolute Gasteiger partial charge is 0.403 e. The summed E-state index contributed by atoms with van der Waals surface area (Å²) in [7, 11) is 1.77. The Morgan fingerprint density at radius 3 is 2.75 bits per heavy atom. The third-order valence-corrected chi connectivity index (χ3v) is 3.19. The third kappa shape index (κ3) is 2.93. The van der Waals surface area contributed by atoms with Crippen molar-refractivity contribution in [2.75, 3.05) is 7.05 Å². The van der Waals surface area contributed by atoms with E-state index in [0.717, 1.165) is 21.1 Å². The zero-order valence-corrected chi connectivity index (χ0v) is 10.4. The smallest absolute Gasteiger partial charge is 0.169 e. The van der Waals surface area contributed by atoms with Crippen molar-refractivity contribution in [2.45, 2.75) is 13.8 Å². The van der Waals surface area contributed by atoms with Crippen molar-refractivity contribution in [3.63, 3.8) is 0 Å². The van der Waals surface area contributed by atoms with Crippen LogP contribution < -0.4 is 11.1 Å².